The summed E-state index contributed by atoms with van der Waals surface area (Å²) in [5.41, 5.74) is -0.819. The van der Waals surface area contributed by atoms with Crippen LogP contribution in [0.4, 0.5) is 0 Å². The van der Waals surface area contributed by atoms with Crippen molar-refractivity contribution in [1.29, 1.82) is 0 Å². The van der Waals surface area contributed by atoms with E-state index in [1.165, 1.54) is 0 Å². The van der Waals surface area contributed by atoms with Crippen molar-refractivity contribution in [2.75, 3.05) is 12.3 Å². The minimum Gasteiger partial charge on any atom is -0.480 e. The molecule has 2 N–H and O–H groups in total. The Bertz CT molecular complexity index is 391. The van der Waals surface area contributed by atoms with E-state index in [0.29, 0.717) is 13.0 Å². The van der Waals surface area contributed by atoms with Gasteiger partial charge in [0.05, 0.1) is 6.26 Å². The van der Waals surface area contributed by atoms with Gasteiger partial charge in [0.15, 0.2) is 0 Å². The summed E-state index contributed by atoms with van der Waals surface area (Å²) >= 11 is 1.71. The molecular weight excluding hydrogens is 250 g/mol. The summed E-state index contributed by atoms with van der Waals surface area (Å²) < 4.78 is 5.21. The van der Waals surface area contributed by atoms with Gasteiger partial charge < -0.3 is 14.8 Å². The number of hydrogen-bond donors (Lipinski definition) is 2. The molecule has 1 heterocycles. The Morgan fingerprint density at radius 1 is 1.61 bits per heavy atom. The molecule has 102 valence electrons. The van der Waals surface area contributed by atoms with Crippen LogP contribution in [0.1, 0.15) is 32.4 Å². The number of nitrogens with one attached hydrogen (secondary N) is 1. The van der Waals surface area contributed by atoms with Gasteiger partial charge in [-0.15, -0.1) is 11.8 Å². The molecule has 0 aliphatic carbocycles. The molecule has 0 spiro atoms. The lowest BCUT2D eigenvalue weighted by molar-refractivity contribution is -0.144. The number of carboxylic acid groups (broad SMARTS) is 1. The number of furan rings is 1. The van der Waals surface area contributed by atoms with E-state index in [0.717, 1.165) is 22.8 Å². The number of carbonyl (C=O) groups is 1. The zero-order chi connectivity index (χ0) is 13.6. The van der Waals surface area contributed by atoms with E-state index in [1.54, 1.807) is 24.9 Å². The second-order valence-electron chi connectivity index (χ2n) is 4.46. The fraction of sp³-hybridized carbons (Fsp3) is 0.615. The van der Waals surface area contributed by atoms with Gasteiger partial charge in [-0.2, -0.15) is 0 Å². The standard InChI is InChI=1S/C13H21NO3S/c1-4-14-13(3,12(15)16)7-5-9-18-11-6-8-17-10(11)2/h6,8,14H,4-5,7,9H2,1-3H3,(H,15,16). The number of hydrogen-bond acceptors (Lipinski definition) is 4. The topological polar surface area (TPSA) is 62.5 Å². The average Bonchev–Trinajstić information content (AvgIpc) is 2.71. The minimum absolute atomic E-state index is 0.625. The lowest BCUT2D eigenvalue weighted by Gasteiger charge is -2.25. The largest absolute Gasteiger partial charge is 0.480 e. The lowest BCUT2D eigenvalue weighted by Crippen LogP contribution is -2.49. The Morgan fingerprint density at radius 3 is 2.83 bits per heavy atom. The third-order valence-corrected chi connectivity index (χ3v) is 4.16. The minimum atomic E-state index is -0.819. The maximum Gasteiger partial charge on any atom is 0.323 e. The third-order valence-electron chi connectivity index (χ3n) is 2.93. The Balaban J connectivity index is 2.36. The van der Waals surface area contributed by atoms with Crippen molar-refractivity contribution in [2.24, 2.45) is 0 Å². The molecule has 1 aromatic rings. The van der Waals surface area contributed by atoms with Crippen molar-refractivity contribution < 1.29 is 14.3 Å². The molecule has 1 rings (SSSR count). The van der Waals surface area contributed by atoms with Gasteiger partial charge in [-0.25, -0.2) is 0 Å². The van der Waals surface area contributed by atoms with Crippen molar-refractivity contribution in [1.82, 2.24) is 5.32 Å². The highest BCUT2D eigenvalue weighted by atomic mass is 32.2. The zero-order valence-corrected chi connectivity index (χ0v) is 12.0. The molecule has 0 aromatic carbocycles. The number of thioether (sulfide) groups is 1. The first-order valence-corrected chi connectivity index (χ1v) is 7.13. The SMILES string of the molecule is CCNC(C)(CCCSc1ccoc1C)C(=O)O. The van der Waals surface area contributed by atoms with Crippen molar-refractivity contribution in [3.63, 3.8) is 0 Å². The van der Waals surface area contributed by atoms with Gasteiger partial charge in [0, 0.05) is 4.90 Å². The van der Waals surface area contributed by atoms with Crippen molar-refractivity contribution in [3.05, 3.63) is 18.1 Å². The third kappa shape index (κ3) is 4.07. The first kappa shape index (κ1) is 15.1. The fourth-order valence-electron chi connectivity index (χ4n) is 1.79. The Kier molecular flexibility index (Phi) is 5.75. The summed E-state index contributed by atoms with van der Waals surface area (Å²) in [5.74, 6) is 1.04. The summed E-state index contributed by atoms with van der Waals surface area (Å²) in [6.07, 6.45) is 3.16. The van der Waals surface area contributed by atoms with Gasteiger partial charge in [0.2, 0.25) is 0 Å². The first-order valence-electron chi connectivity index (χ1n) is 6.15. The van der Waals surface area contributed by atoms with E-state index in [1.807, 2.05) is 19.9 Å². The number of aryl methyl sites for hydroxylation is 1. The molecule has 1 aromatic heterocycles. The van der Waals surface area contributed by atoms with Crippen molar-refractivity contribution in [3.8, 4) is 0 Å². The molecule has 0 amide bonds. The van der Waals surface area contributed by atoms with Crippen LogP contribution in [0, 0.1) is 6.92 Å². The predicted octanol–water partition coefficient (Wildman–Crippen LogP) is 2.91. The summed E-state index contributed by atoms with van der Waals surface area (Å²) in [6.45, 7) is 6.26. The molecule has 1 atom stereocenters. The van der Waals surface area contributed by atoms with E-state index in [-0.39, 0.29) is 0 Å². The van der Waals surface area contributed by atoms with Gasteiger partial charge in [-0.1, -0.05) is 6.92 Å². The summed E-state index contributed by atoms with van der Waals surface area (Å²) in [5, 5.41) is 12.2. The van der Waals surface area contributed by atoms with Gasteiger partial charge in [-0.3, -0.25) is 4.79 Å². The quantitative estimate of drug-likeness (QED) is 0.562. The van der Waals surface area contributed by atoms with Gasteiger partial charge in [-0.05, 0) is 45.1 Å². The maximum absolute atomic E-state index is 11.2. The molecule has 18 heavy (non-hydrogen) atoms. The first-order chi connectivity index (χ1) is 8.49. The summed E-state index contributed by atoms with van der Waals surface area (Å²) in [7, 11) is 0. The van der Waals surface area contributed by atoms with Crippen LogP contribution in [0.3, 0.4) is 0 Å². The van der Waals surface area contributed by atoms with Crippen LogP contribution in [0.15, 0.2) is 21.6 Å². The second kappa shape index (κ2) is 6.85. The van der Waals surface area contributed by atoms with E-state index in [9.17, 15) is 9.90 Å². The van der Waals surface area contributed by atoms with Gasteiger partial charge >= 0.3 is 5.97 Å². The molecule has 0 aliphatic heterocycles. The molecule has 1 unspecified atom stereocenters. The van der Waals surface area contributed by atoms with E-state index in [2.05, 4.69) is 5.32 Å². The molecule has 0 saturated carbocycles. The average molecular weight is 271 g/mol. The zero-order valence-electron chi connectivity index (χ0n) is 11.2. The highest BCUT2D eigenvalue weighted by Crippen LogP contribution is 2.25. The molecule has 0 aliphatic rings. The number of carboxylic acids is 1. The summed E-state index contributed by atoms with van der Waals surface area (Å²) in [6, 6.07) is 1.95. The lowest BCUT2D eigenvalue weighted by atomic mass is 9.96. The molecule has 0 saturated heterocycles. The Labute approximate surface area is 112 Å². The number of aliphatic carboxylic acids is 1. The predicted molar refractivity (Wildman–Crippen MR) is 73.1 cm³/mol. The van der Waals surface area contributed by atoms with Crippen LogP contribution in [0.25, 0.3) is 0 Å². The molecule has 0 radical (unpaired) electrons. The molecule has 4 nitrogen and oxygen atoms in total. The van der Waals surface area contributed by atoms with Crippen LogP contribution in [-0.2, 0) is 4.79 Å². The smallest absolute Gasteiger partial charge is 0.323 e. The molecular formula is C13H21NO3S. The van der Waals surface area contributed by atoms with E-state index in [4.69, 9.17) is 4.42 Å². The Hall–Kier alpha value is -0.940. The highest BCUT2D eigenvalue weighted by Gasteiger charge is 2.31. The van der Waals surface area contributed by atoms with Crippen LogP contribution in [-0.4, -0.2) is 28.9 Å². The molecule has 5 heteroatoms. The molecule has 0 bridgehead atoms. The second-order valence-corrected chi connectivity index (χ2v) is 5.60. The van der Waals surface area contributed by atoms with Crippen LogP contribution >= 0.6 is 11.8 Å². The van der Waals surface area contributed by atoms with Crippen molar-refractivity contribution >= 4 is 17.7 Å². The monoisotopic (exact) mass is 271 g/mol. The fourth-order valence-corrected chi connectivity index (χ4v) is 2.70. The van der Waals surface area contributed by atoms with Gasteiger partial charge in [0.1, 0.15) is 11.3 Å². The molecule has 0 fully saturated rings. The van der Waals surface area contributed by atoms with Gasteiger partial charge in [0.25, 0.3) is 0 Å². The highest BCUT2D eigenvalue weighted by molar-refractivity contribution is 7.99. The van der Waals surface area contributed by atoms with E-state index >= 15 is 0 Å². The van der Waals surface area contributed by atoms with E-state index < -0.39 is 11.5 Å². The van der Waals surface area contributed by atoms with Crippen LogP contribution < -0.4 is 5.32 Å². The number of rotatable bonds is 8. The normalized spacial score (nSPS) is 14.4. The van der Waals surface area contributed by atoms with Crippen LogP contribution in [0.2, 0.25) is 0 Å². The summed E-state index contributed by atoms with van der Waals surface area (Å²) in [4.78, 5) is 12.3. The maximum atomic E-state index is 11.2. The number of likely N-dealkylation sites (N-methyl/N-ethyl adjacent to an activating group) is 1. The van der Waals surface area contributed by atoms with Crippen molar-refractivity contribution in [2.45, 2.75) is 44.0 Å². The van der Waals surface area contributed by atoms with Crippen LogP contribution in [0.5, 0.6) is 0 Å². The Morgan fingerprint density at radius 2 is 2.33 bits per heavy atom.